The number of nitrogens with one attached hydrogen (secondary N) is 1. The summed E-state index contributed by atoms with van der Waals surface area (Å²) in [6.45, 7) is 1.51. The van der Waals surface area contributed by atoms with Crippen molar-refractivity contribution in [1.82, 2.24) is 9.62 Å². The van der Waals surface area contributed by atoms with E-state index in [4.69, 9.17) is 11.6 Å². The molecular formula is C10H16ClN3O5S2. The Bertz CT molecular complexity index is 627. The van der Waals surface area contributed by atoms with Crippen molar-refractivity contribution in [1.29, 1.82) is 0 Å². The van der Waals surface area contributed by atoms with Gasteiger partial charge in [-0.2, -0.15) is 0 Å². The van der Waals surface area contributed by atoms with Gasteiger partial charge in [0, 0.05) is 19.2 Å². The number of hydrogen-bond acceptors (Lipinski definition) is 7. The lowest BCUT2D eigenvalue weighted by Crippen LogP contribution is -2.46. The third-order valence-electron chi connectivity index (χ3n) is 2.41. The molecule has 1 atom stereocenters. The monoisotopic (exact) mass is 357 g/mol. The topological polar surface area (TPSA) is 113 Å². The molecule has 1 unspecified atom stereocenters. The van der Waals surface area contributed by atoms with Crippen LogP contribution < -0.4 is 4.72 Å². The van der Waals surface area contributed by atoms with E-state index < -0.39 is 26.2 Å². The van der Waals surface area contributed by atoms with Crippen LogP contribution in [0.3, 0.4) is 0 Å². The van der Waals surface area contributed by atoms with Crippen molar-refractivity contribution in [3.63, 3.8) is 0 Å². The summed E-state index contributed by atoms with van der Waals surface area (Å²) in [6, 6.07) is 0.899. The van der Waals surface area contributed by atoms with Crippen LogP contribution in [0.4, 0.5) is 5.69 Å². The molecule has 1 aromatic heterocycles. The number of aliphatic hydroxyl groups is 1. The van der Waals surface area contributed by atoms with E-state index in [0.29, 0.717) is 11.3 Å². The summed E-state index contributed by atoms with van der Waals surface area (Å²) >= 11 is 6.23. The fourth-order valence-corrected chi connectivity index (χ4v) is 4.53. The highest BCUT2D eigenvalue weighted by Crippen LogP contribution is 2.36. The minimum absolute atomic E-state index is 0.208. The second-order valence-corrected chi connectivity index (χ2v) is 8.69. The van der Waals surface area contributed by atoms with Gasteiger partial charge in [-0.3, -0.25) is 10.1 Å². The fourth-order valence-electron chi connectivity index (χ4n) is 1.65. The van der Waals surface area contributed by atoms with Crippen LogP contribution in [0.2, 0.25) is 4.34 Å². The van der Waals surface area contributed by atoms with Crippen LogP contribution in [-0.2, 0) is 10.0 Å². The third kappa shape index (κ3) is 5.16. The fraction of sp³-hybridized carbons (Fsp3) is 0.600. The minimum atomic E-state index is -3.96. The highest BCUT2D eigenvalue weighted by atomic mass is 35.5. The predicted molar refractivity (Wildman–Crippen MR) is 80.3 cm³/mol. The first-order chi connectivity index (χ1) is 9.44. The lowest BCUT2D eigenvalue weighted by molar-refractivity contribution is -0.384. The number of nitro groups is 1. The molecule has 0 saturated carbocycles. The molecule has 0 aliphatic rings. The molecule has 21 heavy (non-hydrogen) atoms. The van der Waals surface area contributed by atoms with Gasteiger partial charge < -0.3 is 10.0 Å². The highest BCUT2D eigenvalue weighted by Gasteiger charge is 2.28. The van der Waals surface area contributed by atoms with Gasteiger partial charge in [0.25, 0.3) is 5.69 Å². The molecule has 1 aromatic rings. The van der Waals surface area contributed by atoms with Crippen molar-refractivity contribution in [2.24, 2.45) is 0 Å². The van der Waals surface area contributed by atoms with Gasteiger partial charge in [-0.25, -0.2) is 13.1 Å². The summed E-state index contributed by atoms with van der Waals surface area (Å²) in [4.78, 5) is 11.6. The Morgan fingerprint density at radius 1 is 1.57 bits per heavy atom. The molecule has 0 aromatic carbocycles. The van der Waals surface area contributed by atoms with E-state index in [-0.39, 0.29) is 21.6 Å². The van der Waals surface area contributed by atoms with Crippen molar-refractivity contribution in [2.75, 3.05) is 27.2 Å². The zero-order chi connectivity index (χ0) is 16.4. The van der Waals surface area contributed by atoms with Crippen LogP contribution >= 0.6 is 22.9 Å². The standard InChI is InChI=1S/C10H16ClN3O5S2/c1-10(15,6-13(2)3)5-12-21(18,19)8-4-7(14(16)17)9(11)20-8/h4,12,15H,5-6H2,1-3H3. The number of halogens is 1. The van der Waals surface area contributed by atoms with E-state index in [1.807, 2.05) is 0 Å². The Morgan fingerprint density at radius 2 is 2.14 bits per heavy atom. The number of thiophene rings is 1. The van der Waals surface area contributed by atoms with Crippen LogP contribution in [0.5, 0.6) is 0 Å². The summed E-state index contributed by atoms with van der Waals surface area (Å²) in [5.41, 5.74) is -1.73. The molecule has 0 fully saturated rings. The van der Waals surface area contributed by atoms with Gasteiger partial charge >= 0.3 is 0 Å². The third-order valence-corrected chi connectivity index (χ3v) is 5.62. The largest absolute Gasteiger partial charge is 0.387 e. The normalized spacial score (nSPS) is 15.1. The maximum absolute atomic E-state index is 12.0. The zero-order valence-corrected chi connectivity index (χ0v) is 14.0. The Balaban J connectivity index is 2.88. The molecule has 2 N–H and O–H groups in total. The first kappa shape index (κ1) is 18.3. The summed E-state index contributed by atoms with van der Waals surface area (Å²) < 4.78 is 25.8. The lowest BCUT2D eigenvalue weighted by Gasteiger charge is -2.26. The number of nitrogens with zero attached hydrogens (tertiary/aromatic N) is 2. The zero-order valence-electron chi connectivity index (χ0n) is 11.7. The average molecular weight is 358 g/mol. The Hall–Kier alpha value is -0.780. The van der Waals surface area contributed by atoms with Gasteiger partial charge in [0.15, 0.2) is 4.34 Å². The number of sulfonamides is 1. The molecule has 0 bridgehead atoms. The molecule has 0 spiro atoms. The molecule has 0 amide bonds. The van der Waals surface area contributed by atoms with Crippen LogP contribution in [0, 0.1) is 10.1 Å². The molecule has 1 heterocycles. The van der Waals surface area contributed by atoms with E-state index in [1.165, 1.54) is 6.92 Å². The van der Waals surface area contributed by atoms with Gasteiger partial charge in [0.05, 0.1) is 10.5 Å². The number of likely N-dealkylation sites (N-methyl/N-ethyl adjacent to an activating group) is 1. The van der Waals surface area contributed by atoms with E-state index in [2.05, 4.69) is 4.72 Å². The summed E-state index contributed by atoms with van der Waals surface area (Å²) in [7, 11) is -0.480. The van der Waals surface area contributed by atoms with Crippen LogP contribution in [0.1, 0.15) is 6.92 Å². The Morgan fingerprint density at radius 3 is 2.57 bits per heavy atom. The second-order valence-electron chi connectivity index (χ2n) is 5.04. The quantitative estimate of drug-likeness (QED) is 0.553. The molecule has 11 heteroatoms. The molecule has 0 aliphatic heterocycles. The predicted octanol–water partition coefficient (Wildman–Crippen LogP) is 0.901. The molecule has 0 saturated heterocycles. The molecule has 120 valence electrons. The van der Waals surface area contributed by atoms with Crippen LogP contribution in [-0.4, -0.2) is 56.1 Å². The van der Waals surface area contributed by atoms with Gasteiger partial charge in [-0.15, -0.1) is 11.3 Å². The van der Waals surface area contributed by atoms with E-state index >= 15 is 0 Å². The van der Waals surface area contributed by atoms with Crippen LogP contribution in [0.25, 0.3) is 0 Å². The molecule has 1 rings (SSSR count). The number of hydrogen-bond donors (Lipinski definition) is 2. The van der Waals surface area contributed by atoms with Gasteiger partial charge in [-0.1, -0.05) is 11.6 Å². The lowest BCUT2D eigenvalue weighted by atomic mass is 10.1. The minimum Gasteiger partial charge on any atom is -0.387 e. The van der Waals surface area contributed by atoms with E-state index in [0.717, 1.165) is 6.07 Å². The van der Waals surface area contributed by atoms with Crippen molar-refractivity contribution in [3.8, 4) is 0 Å². The SMILES string of the molecule is CN(C)CC(C)(O)CNS(=O)(=O)c1cc([N+](=O)[O-])c(Cl)s1. The van der Waals surface area contributed by atoms with Gasteiger partial charge in [0.1, 0.15) is 4.21 Å². The highest BCUT2D eigenvalue weighted by molar-refractivity contribution is 7.91. The summed E-state index contributed by atoms with van der Waals surface area (Å²) in [5.74, 6) is 0. The van der Waals surface area contributed by atoms with Crippen molar-refractivity contribution in [3.05, 3.63) is 20.5 Å². The Kier molecular flexibility index (Phi) is 5.69. The average Bonchev–Trinajstić information content (AvgIpc) is 2.68. The molecule has 0 radical (unpaired) electrons. The smallest absolute Gasteiger partial charge is 0.300 e. The van der Waals surface area contributed by atoms with Crippen molar-refractivity contribution >= 4 is 38.6 Å². The first-order valence-electron chi connectivity index (χ1n) is 5.75. The second kappa shape index (κ2) is 6.55. The van der Waals surface area contributed by atoms with Crippen LogP contribution in [0.15, 0.2) is 10.3 Å². The number of rotatable bonds is 7. The van der Waals surface area contributed by atoms with E-state index in [1.54, 1.807) is 19.0 Å². The summed E-state index contributed by atoms with van der Waals surface area (Å²) in [6.07, 6.45) is 0. The molecular weight excluding hydrogens is 342 g/mol. The Labute approximate surface area is 131 Å². The summed E-state index contributed by atoms with van der Waals surface area (Å²) in [5, 5.41) is 20.7. The van der Waals surface area contributed by atoms with E-state index in [9.17, 15) is 23.6 Å². The van der Waals surface area contributed by atoms with Gasteiger partial charge in [0.2, 0.25) is 10.0 Å². The first-order valence-corrected chi connectivity index (χ1v) is 8.43. The maximum atomic E-state index is 12.0. The van der Waals surface area contributed by atoms with Gasteiger partial charge in [-0.05, 0) is 21.0 Å². The van der Waals surface area contributed by atoms with Crippen molar-refractivity contribution in [2.45, 2.75) is 16.7 Å². The molecule has 0 aliphatic carbocycles. The van der Waals surface area contributed by atoms with Crippen molar-refractivity contribution < 1.29 is 18.4 Å². The molecule has 8 nitrogen and oxygen atoms in total. The maximum Gasteiger partial charge on any atom is 0.300 e.